The van der Waals surface area contributed by atoms with Gasteiger partial charge in [-0.05, 0) is 24.1 Å². The molecule has 0 aromatic heterocycles. The number of rotatable bonds is 11. The van der Waals surface area contributed by atoms with Gasteiger partial charge in [-0.2, -0.15) is 0 Å². The molecule has 144 valence electrons. The highest BCUT2D eigenvalue weighted by Gasteiger charge is 2.24. The van der Waals surface area contributed by atoms with E-state index >= 15 is 0 Å². The molecule has 0 radical (unpaired) electrons. The molecule has 2 aromatic carbocycles. The van der Waals surface area contributed by atoms with Gasteiger partial charge in [-0.1, -0.05) is 87.6 Å². The van der Waals surface area contributed by atoms with Crippen LogP contribution in [0.4, 0.5) is 0 Å². The van der Waals surface area contributed by atoms with Crippen molar-refractivity contribution in [2.45, 2.75) is 51.5 Å². The Labute approximate surface area is 161 Å². The lowest BCUT2D eigenvalue weighted by Crippen LogP contribution is -2.35. The maximum absolute atomic E-state index is 12.6. The van der Waals surface area contributed by atoms with E-state index in [1.54, 1.807) is 24.3 Å². The molecule has 27 heavy (non-hydrogen) atoms. The molecule has 0 aliphatic carbocycles. The van der Waals surface area contributed by atoms with E-state index in [9.17, 15) is 9.59 Å². The zero-order valence-corrected chi connectivity index (χ0v) is 16.0. The summed E-state index contributed by atoms with van der Waals surface area (Å²) < 4.78 is 5.45. The molecule has 1 N–H and O–H groups in total. The van der Waals surface area contributed by atoms with Gasteiger partial charge in [-0.15, -0.1) is 0 Å². The maximum Gasteiger partial charge on any atom is 0.333 e. The smallest absolute Gasteiger partial charge is 0.333 e. The number of nitrogens with one attached hydrogen (secondary N) is 1. The van der Waals surface area contributed by atoms with Crippen LogP contribution in [0.5, 0.6) is 0 Å². The highest BCUT2D eigenvalue weighted by Crippen LogP contribution is 2.16. The number of unbranched alkanes of at least 4 members (excludes halogenated alkanes) is 5. The Balaban J connectivity index is 1.92. The Kier molecular flexibility index (Phi) is 9.11. The Morgan fingerprint density at radius 2 is 1.44 bits per heavy atom. The van der Waals surface area contributed by atoms with Crippen LogP contribution in [0.1, 0.15) is 67.4 Å². The van der Waals surface area contributed by atoms with Gasteiger partial charge in [0.2, 0.25) is 0 Å². The summed E-state index contributed by atoms with van der Waals surface area (Å²) in [6, 6.07) is 17.3. The van der Waals surface area contributed by atoms with Crippen molar-refractivity contribution in [1.29, 1.82) is 0 Å². The Hall–Kier alpha value is -2.62. The lowest BCUT2D eigenvalue weighted by molar-refractivity contribution is -0.146. The van der Waals surface area contributed by atoms with E-state index in [4.69, 9.17) is 4.74 Å². The van der Waals surface area contributed by atoms with Gasteiger partial charge < -0.3 is 10.1 Å². The van der Waals surface area contributed by atoms with Gasteiger partial charge in [-0.25, -0.2) is 4.79 Å². The molecule has 4 nitrogen and oxygen atoms in total. The second kappa shape index (κ2) is 11.9. The molecule has 0 aliphatic heterocycles. The standard InChI is InChI=1S/C23H29NO3/c1-2-3-4-5-6-13-18-27-23(26)21(19-14-9-7-10-15-19)24-22(25)20-16-11-8-12-17-20/h7-12,14-17,21H,2-6,13,18H2,1H3,(H,24,25). The molecule has 0 aliphatic rings. The number of carbonyl (C=O) groups is 2. The Morgan fingerprint density at radius 3 is 2.11 bits per heavy atom. The Bertz CT molecular complexity index is 685. The quantitative estimate of drug-likeness (QED) is 0.446. The zero-order valence-electron chi connectivity index (χ0n) is 16.0. The topological polar surface area (TPSA) is 55.4 Å². The molecule has 0 saturated heterocycles. The maximum atomic E-state index is 12.6. The van der Waals surface area contributed by atoms with Crippen LogP contribution in [0.25, 0.3) is 0 Å². The summed E-state index contributed by atoms with van der Waals surface area (Å²) in [5.74, 6) is -0.708. The van der Waals surface area contributed by atoms with Gasteiger partial charge in [0.25, 0.3) is 5.91 Å². The molecule has 1 amide bonds. The van der Waals surface area contributed by atoms with Gasteiger partial charge in [0.05, 0.1) is 6.61 Å². The van der Waals surface area contributed by atoms with E-state index in [1.165, 1.54) is 19.3 Å². The lowest BCUT2D eigenvalue weighted by Gasteiger charge is -2.18. The van der Waals surface area contributed by atoms with E-state index in [0.29, 0.717) is 12.2 Å². The average molecular weight is 367 g/mol. The summed E-state index contributed by atoms with van der Waals surface area (Å²) in [4.78, 5) is 25.1. The van der Waals surface area contributed by atoms with Gasteiger partial charge in [-0.3, -0.25) is 4.79 Å². The van der Waals surface area contributed by atoms with Crippen LogP contribution in [0.3, 0.4) is 0 Å². The fourth-order valence-corrected chi connectivity index (χ4v) is 2.87. The third kappa shape index (κ3) is 7.26. The number of ether oxygens (including phenoxy) is 1. The molecule has 0 fully saturated rings. The first kappa shape index (κ1) is 20.7. The molecule has 0 saturated carbocycles. The highest BCUT2D eigenvalue weighted by molar-refractivity contribution is 5.97. The minimum absolute atomic E-state index is 0.291. The molecule has 4 heteroatoms. The SMILES string of the molecule is CCCCCCCCOC(=O)C(NC(=O)c1ccccc1)c1ccccc1. The molecular formula is C23H29NO3. The van der Waals surface area contributed by atoms with Crippen molar-refractivity contribution in [1.82, 2.24) is 5.32 Å². The summed E-state index contributed by atoms with van der Waals surface area (Å²) in [7, 11) is 0. The molecule has 0 bridgehead atoms. The highest BCUT2D eigenvalue weighted by atomic mass is 16.5. The van der Waals surface area contributed by atoms with E-state index in [1.807, 2.05) is 36.4 Å². The minimum atomic E-state index is -0.806. The van der Waals surface area contributed by atoms with Crippen molar-refractivity contribution in [3.05, 3.63) is 71.8 Å². The third-order valence-corrected chi connectivity index (χ3v) is 4.42. The minimum Gasteiger partial charge on any atom is -0.464 e. The molecule has 0 heterocycles. The van der Waals surface area contributed by atoms with Crippen LogP contribution in [0.15, 0.2) is 60.7 Å². The second-order valence-corrected chi connectivity index (χ2v) is 6.62. The average Bonchev–Trinajstić information content (AvgIpc) is 2.72. The van der Waals surface area contributed by atoms with Gasteiger partial charge in [0, 0.05) is 5.56 Å². The van der Waals surface area contributed by atoms with Crippen LogP contribution < -0.4 is 5.32 Å². The summed E-state index contributed by atoms with van der Waals surface area (Å²) in [6.45, 7) is 2.57. The first-order chi connectivity index (χ1) is 13.2. The first-order valence-electron chi connectivity index (χ1n) is 9.80. The van der Waals surface area contributed by atoms with Crippen molar-refractivity contribution >= 4 is 11.9 Å². The number of hydrogen-bond donors (Lipinski definition) is 1. The Morgan fingerprint density at radius 1 is 0.852 bits per heavy atom. The number of hydrogen-bond acceptors (Lipinski definition) is 3. The van der Waals surface area contributed by atoms with E-state index in [-0.39, 0.29) is 5.91 Å². The van der Waals surface area contributed by atoms with Crippen LogP contribution in [0, 0.1) is 0 Å². The molecule has 1 unspecified atom stereocenters. The number of carbonyl (C=O) groups excluding carboxylic acids is 2. The van der Waals surface area contributed by atoms with Crippen molar-refractivity contribution in [2.75, 3.05) is 6.61 Å². The van der Waals surface area contributed by atoms with Crippen molar-refractivity contribution in [3.8, 4) is 0 Å². The molecular weight excluding hydrogens is 338 g/mol. The monoisotopic (exact) mass is 367 g/mol. The predicted molar refractivity (Wildman–Crippen MR) is 107 cm³/mol. The van der Waals surface area contributed by atoms with E-state index < -0.39 is 12.0 Å². The van der Waals surface area contributed by atoms with Gasteiger partial charge in [0.1, 0.15) is 0 Å². The summed E-state index contributed by atoms with van der Waals surface area (Å²) in [5, 5.41) is 2.80. The van der Waals surface area contributed by atoms with Gasteiger partial charge in [0.15, 0.2) is 6.04 Å². The molecule has 2 rings (SSSR count). The van der Waals surface area contributed by atoms with Crippen molar-refractivity contribution in [2.24, 2.45) is 0 Å². The van der Waals surface area contributed by atoms with Crippen LogP contribution >= 0.6 is 0 Å². The van der Waals surface area contributed by atoms with Gasteiger partial charge >= 0.3 is 5.97 Å². The van der Waals surface area contributed by atoms with Crippen LogP contribution in [-0.2, 0) is 9.53 Å². The van der Waals surface area contributed by atoms with E-state index in [0.717, 1.165) is 24.8 Å². The number of esters is 1. The largest absolute Gasteiger partial charge is 0.464 e. The second-order valence-electron chi connectivity index (χ2n) is 6.62. The number of amides is 1. The predicted octanol–water partition coefficient (Wildman–Crippen LogP) is 5.06. The van der Waals surface area contributed by atoms with Crippen molar-refractivity contribution < 1.29 is 14.3 Å². The number of benzene rings is 2. The summed E-state index contributed by atoms with van der Waals surface area (Å²) in [6.07, 6.45) is 6.77. The summed E-state index contributed by atoms with van der Waals surface area (Å²) in [5.41, 5.74) is 1.23. The van der Waals surface area contributed by atoms with Crippen LogP contribution in [0.2, 0.25) is 0 Å². The normalized spacial score (nSPS) is 11.6. The fraction of sp³-hybridized carbons (Fsp3) is 0.391. The molecule has 1 atom stereocenters. The lowest BCUT2D eigenvalue weighted by atomic mass is 10.1. The summed E-state index contributed by atoms with van der Waals surface area (Å²) >= 11 is 0. The zero-order chi connectivity index (χ0) is 19.3. The third-order valence-electron chi connectivity index (χ3n) is 4.42. The molecule has 2 aromatic rings. The van der Waals surface area contributed by atoms with Crippen molar-refractivity contribution in [3.63, 3.8) is 0 Å². The van der Waals surface area contributed by atoms with Crippen LogP contribution in [-0.4, -0.2) is 18.5 Å². The van der Waals surface area contributed by atoms with E-state index in [2.05, 4.69) is 12.2 Å². The fourth-order valence-electron chi connectivity index (χ4n) is 2.87. The first-order valence-corrected chi connectivity index (χ1v) is 9.80. The molecule has 0 spiro atoms.